The van der Waals surface area contributed by atoms with Crippen LogP contribution < -0.4 is 14.8 Å². The number of hydrogen-bond acceptors (Lipinski definition) is 6. The lowest BCUT2D eigenvalue weighted by Gasteiger charge is -2.30. The highest BCUT2D eigenvalue weighted by Gasteiger charge is 2.22. The van der Waals surface area contributed by atoms with Crippen molar-refractivity contribution in [2.24, 2.45) is 0 Å². The van der Waals surface area contributed by atoms with E-state index in [0.717, 1.165) is 35.1 Å². The second kappa shape index (κ2) is 10.7. The van der Waals surface area contributed by atoms with Crippen LogP contribution in [0.4, 0.5) is 8.78 Å². The van der Waals surface area contributed by atoms with E-state index in [-0.39, 0.29) is 18.1 Å². The molecule has 0 unspecified atom stereocenters. The monoisotopic (exact) mass is 444 g/mol. The van der Waals surface area contributed by atoms with Crippen LogP contribution in [0.1, 0.15) is 17.5 Å². The third-order valence-corrected chi connectivity index (χ3v) is 5.40. The molecule has 32 heavy (non-hydrogen) atoms. The Hall–Kier alpha value is -2.81. The summed E-state index contributed by atoms with van der Waals surface area (Å²) in [6.45, 7) is -1.14. The van der Waals surface area contributed by atoms with Gasteiger partial charge in [0.15, 0.2) is 6.29 Å². The number of fused-ring (bicyclic) bond motifs is 1. The van der Waals surface area contributed by atoms with Gasteiger partial charge in [0.1, 0.15) is 11.5 Å². The topological polar surface area (TPSA) is 61.8 Å². The lowest BCUT2D eigenvalue weighted by molar-refractivity contribution is -0.192. The third kappa shape index (κ3) is 5.91. The number of aryl methyl sites for hydroxylation is 1. The van der Waals surface area contributed by atoms with Crippen molar-refractivity contribution in [3.05, 3.63) is 65.9 Å². The number of nitrogens with one attached hydrogen (secondary N) is 1. The molecule has 1 aliphatic rings. The molecule has 0 spiro atoms. The number of benzene rings is 2. The summed E-state index contributed by atoms with van der Waals surface area (Å²) < 4.78 is 45.9. The fourth-order valence-corrected chi connectivity index (χ4v) is 3.68. The van der Waals surface area contributed by atoms with Crippen LogP contribution in [0.15, 0.2) is 54.7 Å². The zero-order valence-corrected chi connectivity index (χ0v) is 17.8. The van der Waals surface area contributed by atoms with E-state index < -0.39 is 6.61 Å². The van der Waals surface area contributed by atoms with E-state index in [1.54, 1.807) is 19.2 Å². The number of rotatable bonds is 9. The van der Waals surface area contributed by atoms with Crippen molar-refractivity contribution < 1.29 is 27.7 Å². The number of hydrogen-bond donors (Lipinski definition) is 1. The summed E-state index contributed by atoms with van der Waals surface area (Å²) in [4.78, 5) is 4.42. The average Bonchev–Trinajstić information content (AvgIpc) is 2.82. The fourth-order valence-electron chi connectivity index (χ4n) is 3.68. The number of alkyl halides is 2. The zero-order valence-electron chi connectivity index (χ0n) is 17.8. The Morgan fingerprint density at radius 3 is 2.53 bits per heavy atom. The number of halogens is 2. The van der Waals surface area contributed by atoms with Crippen LogP contribution in [0, 0.1) is 0 Å². The van der Waals surface area contributed by atoms with E-state index in [1.165, 1.54) is 17.7 Å². The van der Waals surface area contributed by atoms with Gasteiger partial charge in [0.25, 0.3) is 0 Å². The van der Waals surface area contributed by atoms with Gasteiger partial charge in [-0.15, -0.1) is 0 Å². The summed E-state index contributed by atoms with van der Waals surface area (Å²) in [5.74, 6) is 0.957. The molecule has 1 saturated heterocycles. The number of aromatic nitrogens is 1. The SMILES string of the molecule is COc1ccc2nccc(CCC3OCC(NCc4ccc(OC(F)F)cc4)CO3)c2c1. The molecule has 1 fully saturated rings. The maximum atomic E-state index is 12.2. The molecule has 2 heterocycles. The lowest BCUT2D eigenvalue weighted by atomic mass is 10.0. The van der Waals surface area contributed by atoms with Gasteiger partial charge >= 0.3 is 6.61 Å². The van der Waals surface area contributed by atoms with Crippen molar-refractivity contribution in [2.75, 3.05) is 20.3 Å². The zero-order chi connectivity index (χ0) is 22.3. The quantitative estimate of drug-likeness (QED) is 0.531. The first-order chi connectivity index (χ1) is 15.6. The smallest absolute Gasteiger partial charge is 0.387 e. The molecule has 4 rings (SSSR count). The molecular formula is C24H26F2N2O4. The molecule has 1 aliphatic heterocycles. The number of methoxy groups -OCH3 is 1. The molecule has 0 radical (unpaired) electrons. The summed E-state index contributed by atoms with van der Waals surface area (Å²) in [7, 11) is 1.66. The molecule has 8 heteroatoms. The maximum Gasteiger partial charge on any atom is 0.387 e. The first-order valence-corrected chi connectivity index (χ1v) is 10.5. The molecule has 6 nitrogen and oxygen atoms in total. The standard InChI is InChI=1S/C24H26F2N2O4/c1-29-20-7-8-22-21(12-20)17(10-11-27-22)4-9-23-30-14-18(15-31-23)28-13-16-2-5-19(6-3-16)32-24(25)26/h2-3,5-8,10-12,18,23-24,28H,4,9,13-15H2,1H3. The molecule has 170 valence electrons. The van der Waals surface area contributed by atoms with Gasteiger partial charge in [-0.05, 0) is 53.9 Å². The summed E-state index contributed by atoms with van der Waals surface area (Å²) in [5, 5.41) is 4.44. The molecule has 1 aromatic heterocycles. The molecule has 0 amide bonds. The van der Waals surface area contributed by atoms with Crippen molar-refractivity contribution in [1.29, 1.82) is 0 Å². The van der Waals surface area contributed by atoms with E-state index in [9.17, 15) is 8.78 Å². The Labute approximate surface area is 185 Å². The van der Waals surface area contributed by atoms with Gasteiger partial charge in [-0.25, -0.2) is 0 Å². The highest BCUT2D eigenvalue weighted by atomic mass is 19.3. The predicted molar refractivity (Wildman–Crippen MR) is 116 cm³/mol. The number of nitrogens with zero attached hydrogens (tertiary/aromatic N) is 1. The molecule has 0 saturated carbocycles. The Morgan fingerprint density at radius 1 is 1.06 bits per heavy atom. The van der Waals surface area contributed by atoms with Gasteiger partial charge in [-0.1, -0.05) is 12.1 Å². The fraction of sp³-hybridized carbons (Fsp3) is 0.375. The summed E-state index contributed by atoms with van der Waals surface area (Å²) in [5.41, 5.74) is 3.08. The molecule has 3 aromatic rings. The van der Waals surface area contributed by atoms with Gasteiger partial charge in [0.2, 0.25) is 0 Å². The number of ether oxygens (including phenoxy) is 4. The minimum Gasteiger partial charge on any atom is -0.497 e. The van der Waals surface area contributed by atoms with Crippen LogP contribution in [0.2, 0.25) is 0 Å². The van der Waals surface area contributed by atoms with Crippen LogP contribution in [-0.4, -0.2) is 44.3 Å². The molecule has 2 aromatic carbocycles. The second-order valence-corrected chi connectivity index (χ2v) is 7.59. The van der Waals surface area contributed by atoms with Crippen molar-refractivity contribution in [2.45, 2.75) is 38.3 Å². The predicted octanol–water partition coefficient (Wildman–Crippen LogP) is 4.31. The highest BCUT2D eigenvalue weighted by Crippen LogP contribution is 2.24. The first-order valence-electron chi connectivity index (χ1n) is 10.5. The van der Waals surface area contributed by atoms with Crippen LogP contribution in [-0.2, 0) is 22.4 Å². The van der Waals surface area contributed by atoms with Gasteiger partial charge in [0, 0.05) is 24.5 Å². The summed E-state index contributed by atoms with van der Waals surface area (Å²) in [6.07, 6.45) is 3.11. The molecule has 1 N–H and O–H groups in total. The first kappa shape index (κ1) is 22.4. The van der Waals surface area contributed by atoms with Gasteiger partial charge in [-0.2, -0.15) is 8.78 Å². The minimum atomic E-state index is -2.82. The Balaban J connectivity index is 1.23. The highest BCUT2D eigenvalue weighted by molar-refractivity contribution is 5.83. The van der Waals surface area contributed by atoms with Gasteiger partial charge in [-0.3, -0.25) is 4.98 Å². The molecular weight excluding hydrogens is 418 g/mol. The third-order valence-electron chi connectivity index (χ3n) is 5.40. The molecule has 0 atom stereocenters. The lowest BCUT2D eigenvalue weighted by Crippen LogP contribution is -2.44. The van der Waals surface area contributed by atoms with Crippen molar-refractivity contribution >= 4 is 10.9 Å². The van der Waals surface area contributed by atoms with Crippen molar-refractivity contribution in [1.82, 2.24) is 10.3 Å². The normalized spacial score (nSPS) is 18.8. The average molecular weight is 444 g/mol. The Morgan fingerprint density at radius 2 is 1.81 bits per heavy atom. The minimum absolute atomic E-state index is 0.0641. The Bertz CT molecular complexity index is 1010. The van der Waals surface area contributed by atoms with E-state index in [1.807, 2.05) is 30.5 Å². The van der Waals surface area contributed by atoms with Gasteiger partial charge < -0.3 is 24.3 Å². The van der Waals surface area contributed by atoms with Crippen molar-refractivity contribution in [3.8, 4) is 11.5 Å². The van der Waals surface area contributed by atoms with Crippen LogP contribution in [0.25, 0.3) is 10.9 Å². The largest absolute Gasteiger partial charge is 0.497 e. The maximum absolute atomic E-state index is 12.2. The van der Waals surface area contributed by atoms with E-state index in [0.29, 0.717) is 19.8 Å². The van der Waals surface area contributed by atoms with Crippen molar-refractivity contribution in [3.63, 3.8) is 0 Å². The van der Waals surface area contributed by atoms with Crippen LogP contribution in [0.5, 0.6) is 11.5 Å². The summed E-state index contributed by atoms with van der Waals surface area (Å²) >= 11 is 0. The number of pyridine rings is 1. The van der Waals surface area contributed by atoms with E-state index in [2.05, 4.69) is 15.0 Å². The summed E-state index contributed by atoms with van der Waals surface area (Å²) in [6, 6.07) is 14.5. The van der Waals surface area contributed by atoms with Crippen LogP contribution in [0.3, 0.4) is 0 Å². The second-order valence-electron chi connectivity index (χ2n) is 7.59. The Kier molecular flexibility index (Phi) is 7.47. The van der Waals surface area contributed by atoms with E-state index >= 15 is 0 Å². The molecule has 0 aliphatic carbocycles. The van der Waals surface area contributed by atoms with E-state index in [4.69, 9.17) is 14.2 Å². The van der Waals surface area contributed by atoms with Gasteiger partial charge in [0.05, 0.1) is 31.9 Å². The molecule has 0 bridgehead atoms. The van der Waals surface area contributed by atoms with Crippen LogP contribution >= 0.6 is 0 Å².